The quantitative estimate of drug-likeness (QED) is 0.613. The summed E-state index contributed by atoms with van der Waals surface area (Å²) in [6.45, 7) is 3.30. The molecule has 0 aliphatic rings. The third-order valence-corrected chi connectivity index (χ3v) is 4.31. The van der Waals surface area contributed by atoms with Crippen LogP contribution >= 0.6 is 0 Å². The lowest BCUT2D eigenvalue weighted by molar-refractivity contribution is 0.0594. The molecule has 2 aromatic heterocycles. The highest BCUT2D eigenvalue weighted by molar-refractivity contribution is 5.87. The standard InChI is InChI=1S/C21H18F2N2O4/c1-12-10-24-18(21(27)28-3)9-19(12)25-13(2)6-16(8-20(25)26)29-11-14-4-5-15(22)7-17(14)23/h4-10H,11H2,1-3H3. The van der Waals surface area contributed by atoms with Gasteiger partial charge in [-0.1, -0.05) is 0 Å². The lowest BCUT2D eigenvalue weighted by Crippen LogP contribution is -2.21. The van der Waals surface area contributed by atoms with Gasteiger partial charge in [-0.15, -0.1) is 0 Å². The van der Waals surface area contributed by atoms with E-state index >= 15 is 0 Å². The summed E-state index contributed by atoms with van der Waals surface area (Å²) in [4.78, 5) is 28.5. The third kappa shape index (κ3) is 4.31. The fraction of sp³-hybridized carbons (Fsp3) is 0.190. The van der Waals surface area contributed by atoms with Crippen molar-refractivity contribution in [3.63, 3.8) is 0 Å². The normalized spacial score (nSPS) is 10.7. The number of carbonyl (C=O) groups excluding carboxylic acids is 1. The van der Waals surface area contributed by atoms with Crippen LogP contribution in [0.5, 0.6) is 5.75 Å². The van der Waals surface area contributed by atoms with Gasteiger partial charge in [0.2, 0.25) is 0 Å². The first-order chi connectivity index (χ1) is 13.8. The van der Waals surface area contributed by atoms with Crippen molar-refractivity contribution in [1.29, 1.82) is 0 Å². The summed E-state index contributed by atoms with van der Waals surface area (Å²) in [5, 5.41) is 0. The molecule has 150 valence electrons. The second-order valence-corrected chi connectivity index (χ2v) is 6.38. The van der Waals surface area contributed by atoms with Gasteiger partial charge in [0.15, 0.2) is 0 Å². The molecule has 2 heterocycles. The first-order valence-corrected chi connectivity index (χ1v) is 8.66. The predicted octanol–water partition coefficient (Wildman–Crippen LogP) is 3.49. The van der Waals surface area contributed by atoms with E-state index in [0.29, 0.717) is 16.9 Å². The number of hydrogen-bond donors (Lipinski definition) is 0. The minimum atomic E-state index is -0.724. The Hall–Kier alpha value is -3.55. The highest BCUT2D eigenvalue weighted by Gasteiger charge is 2.14. The van der Waals surface area contributed by atoms with Gasteiger partial charge in [0.05, 0.1) is 12.8 Å². The number of aromatic nitrogens is 2. The van der Waals surface area contributed by atoms with Crippen LogP contribution in [0.4, 0.5) is 8.78 Å². The van der Waals surface area contributed by atoms with Crippen molar-refractivity contribution in [3.8, 4) is 11.4 Å². The molecule has 0 amide bonds. The Morgan fingerprint density at radius 3 is 2.55 bits per heavy atom. The molecule has 0 spiro atoms. The largest absolute Gasteiger partial charge is 0.489 e. The molecule has 0 fully saturated rings. The molecule has 3 rings (SSSR count). The van der Waals surface area contributed by atoms with Crippen molar-refractivity contribution >= 4 is 5.97 Å². The van der Waals surface area contributed by atoms with E-state index in [9.17, 15) is 18.4 Å². The summed E-state index contributed by atoms with van der Waals surface area (Å²) in [6.07, 6.45) is 1.48. The first kappa shape index (κ1) is 20.2. The van der Waals surface area contributed by atoms with Crippen molar-refractivity contribution in [2.75, 3.05) is 7.11 Å². The van der Waals surface area contributed by atoms with Crippen LogP contribution in [0.2, 0.25) is 0 Å². The van der Waals surface area contributed by atoms with Crippen LogP contribution in [0.3, 0.4) is 0 Å². The highest BCUT2D eigenvalue weighted by atomic mass is 19.1. The lowest BCUT2D eigenvalue weighted by atomic mass is 10.2. The Morgan fingerprint density at radius 1 is 1.14 bits per heavy atom. The zero-order valence-electron chi connectivity index (χ0n) is 16.0. The van der Waals surface area contributed by atoms with Gasteiger partial charge in [-0.25, -0.2) is 18.6 Å². The van der Waals surface area contributed by atoms with E-state index in [2.05, 4.69) is 9.72 Å². The van der Waals surface area contributed by atoms with Crippen LogP contribution < -0.4 is 10.3 Å². The number of carbonyl (C=O) groups is 1. The number of hydrogen-bond acceptors (Lipinski definition) is 5. The van der Waals surface area contributed by atoms with Gasteiger partial charge in [0.25, 0.3) is 5.56 Å². The lowest BCUT2D eigenvalue weighted by Gasteiger charge is -2.15. The number of nitrogens with zero attached hydrogens (tertiary/aromatic N) is 2. The van der Waals surface area contributed by atoms with Crippen molar-refractivity contribution < 1.29 is 23.0 Å². The van der Waals surface area contributed by atoms with E-state index in [1.165, 1.54) is 36.1 Å². The summed E-state index contributed by atoms with van der Waals surface area (Å²) < 4.78 is 38.3. The fourth-order valence-corrected chi connectivity index (χ4v) is 2.83. The Bertz CT molecular complexity index is 1140. The highest BCUT2D eigenvalue weighted by Crippen LogP contribution is 2.19. The number of benzene rings is 1. The number of esters is 1. The fourth-order valence-electron chi connectivity index (χ4n) is 2.83. The van der Waals surface area contributed by atoms with Crippen molar-refractivity contribution in [1.82, 2.24) is 9.55 Å². The smallest absolute Gasteiger partial charge is 0.356 e. The minimum absolute atomic E-state index is 0.0755. The number of halogens is 2. The number of aryl methyl sites for hydroxylation is 2. The monoisotopic (exact) mass is 400 g/mol. The molecule has 0 radical (unpaired) electrons. The zero-order valence-corrected chi connectivity index (χ0v) is 16.0. The van der Waals surface area contributed by atoms with Gasteiger partial charge in [-0.2, -0.15) is 0 Å². The van der Waals surface area contributed by atoms with E-state index in [4.69, 9.17) is 4.74 Å². The van der Waals surface area contributed by atoms with Gasteiger partial charge < -0.3 is 9.47 Å². The van der Waals surface area contributed by atoms with Crippen molar-refractivity contribution in [2.24, 2.45) is 0 Å². The van der Waals surface area contributed by atoms with Crippen LogP contribution in [0, 0.1) is 25.5 Å². The summed E-state index contributed by atoms with van der Waals surface area (Å²) in [5.74, 6) is -1.77. The van der Waals surface area contributed by atoms with E-state index in [1.807, 2.05) is 0 Å². The molecule has 8 heteroatoms. The first-order valence-electron chi connectivity index (χ1n) is 8.66. The van der Waals surface area contributed by atoms with Gasteiger partial charge in [-0.05, 0) is 37.6 Å². The predicted molar refractivity (Wildman–Crippen MR) is 101 cm³/mol. The van der Waals surface area contributed by atoms with Gasteiger partial charge in [-0.3, -0.25) is 9.36 Å². The maximum Gasteiger partial charge on any atom is 0.356 e. The summed E-state index contributed by atoms with van der Waals surface area (Å²) in [7, 11) is 1.25. The Labute approximate surface area is 165 Å². The maximum atomic E-state index is 13.7. The molecule has 0 saturated carbocycles. The second-order valence-electron chi connectivity index (χ2n) is 6.38. The molecule has 6 nitrogen and oxygen atoms in total. The number of methoxy groups -OCH3 is 1. The summed E-state index contributed by atoms with van der Waals surface area (Å²) in [5.41, 5.74) is 1.55. The average Bonchev–Trinajstić information content (AvgIpc) is 2.67. The molecule has 0 atom stereocenters. The van der Waals surface area contributed by atoms with Crippen molar-refractivity contribution in [2.45, 2.75) is 20.5 Å². The molecular formula is C21H18F2N2O4. The van der Waals surface area contributed by atoms with Crippen LogP contribution in [-0.4, -0.2) is 22.6 Å². The molecule has 0 unspecified atom stereocenters. The topological polar surface area (TPSA) is 70.4 Å². The SMILES string of the molecule is COC(=O)c1cc(-n2c(C)cc(OCc3ccc(F)cc3F)cc2=O)c(C)cn1. The number of pyridine rings is 2. The molecule has 0 aliphatic heterocycles. The Morgan fingerprint density at radius 2 is 1.90 bits per heavy atom. The second kappa shape index (κ2) is 8.22. The van der Waals surface area contributed by atoms with Crippen LogP contribution in [-0.2, 0) is 11.3 Å². The van der Waals surface area contributed by atoms with Gasteiger partial charge in [0.1, 0.15) is 29.7 Å². The van der Waals surface area contributed by atoms with Crippen LogP contribution in [0.25, 0.3) is 5.69 Å². The molecule has 0 bridgehead atoms. The third-order valence-electron chi connectivity index (χ3n) is 4.31. The Balaban J connectivity index is 1.92. The molecule has 29 heavy (non-hydrogen) atoms. The maximum absolute atomic E-state index is 13.7. The van der Waals surface area contributed by atoms with Gasteiger partial charge >= 0.3 is 5.97 Å². The molecule has 0 N–H and O–H groups in total. The average molecular weight is 400 g/mol. The Kier molecular flexibility index (Phi) is 5.72. The van der Waals surface area contributed by atoms with E-state index in [-0.39, 0.29) is 23.6 Å². The zero-order chi connectivity index (χ0) is 21.1. The number of ether oxygens (including phenoxy) is 2. The molecule has 1 aromatic carbocycles. The molecule has 0 aliphatic carbocycles. The van der Waals surface area contributed by atoms with E-state index in [0.717, 1.165) is 12.1 Å². The summed E-state index contributed by atoms with van der Waals surface area (Å²) >= 11 is 0. The van der Waals surface area contributed by atoms with Gasteiger partial charge in [0, 0.05) is 35.7 Å². The van der Waals surface area contributed by atoms with Crippen molar-refractivity contribution in [3.05, 3.63) is 87.1 Å². The molecule has 3 aromatic rings. The molecule has 0 saturated heterocycles. The minimum Gasteiger partial charge on any atom is -0.489 e. The summed E-state index contributed by atoms with van der Waals surface area (Å²) in [6, 6.07) is 7.53. The van der Waals surface area contributed by atoms with Crippen LogP contribution in [0.1, 0.15) is 27.3 Å². The molecular weight excluding hydrogens is 382 g/mol. The van der Waals surface area contributed by atoms with E-state index < -0.39 is 23.2 Å². The van der Waals surface area contributed by atoms with Crippen LogP contribution in [0.15, 0.2) is 47.4 Å². The number of rotatable bonds is 5. The van der Waals surface area contributed by atoms with E-state index in [1.54, 1.807) is 19.9 Å².